The minimum Gasteiger partial charge on any atom is -0.483 e. The molecule has 1 fully saturated rings. The lowest BCUT2D eigenvalue weighted by atomic mass is 9.99. The molecule has 3 N–H and O–H groups in total. The first-order valence-electron chi connectivity index (χ1n) is 9.30. The van der Waals surface area contributed by atoms with Crippen molar-refractivity contribution in [3.8, 4) is 16.9 Å². The molecule has 1 unspecified atom stereocenters. The second-order valence-corrected chi connectivity index (χ2v) is 7.59. The van der Waals surface area contributed by atoms with Gasteiger partial charge in [0.15, 0.2) is 5.84 Å². The average molecular weight is 398 g/mol. The zero-order valence-corrected chi connectivity index (χ0v) is 16.1. The standard InChI is InChI=1S/C20H20ClN5O2/c1-11-20(27)25-24-19-10-28-18-6-14(13-4-2-3-5-15(13)21)16(7-17(18)26(11)19)23-12-8-22-9-12/h2-7,11-12,22-23H,8-10H2,1H3,(H,25,27). The van der Waals surface area contributed by atoms with Crippen LogP contribution in [0.1, 0.15) is 6.92 Å². The molecule has 0 aromatic heterocycles. The number of carbonyl (C=O) groups excluding carboxylic acids is 1. The molecule has 8 heteroatoms. The van der Waals surface area contributed by atoms with Crippen LogP contribution < -0.4 is 25.7 Å². The molecule has 3 aliphatic heterocycles. The van der Waals surface area contributed by atoms with Crippen molar-refractivity contribution >= 4 is 34.7 Å². The van der Waals surface area contributed by atoms with Gasteiger partial charge >= 0.3 is 0 Å². The lowest BCUT2D eigenvalue weighted by molar-refractivity contribution is -0.122. The van der Waals surface area contributed by atoms with Gasteiger partial charge in [-0.1, -0.05) is 29.8 Å². The van der Waals surface area contributed by atoms with E-state index in [0.29, 0.717) is 29.3 Å². The molecular formula is C20H20ClN5O2. The van der Waals surface area contributed by atoms with Crippen LogP contribution in [0.2, 0.25) is 5.02 Å². The Balaban J connectivity index is 1.65. The van der Waals surface area contributed by atoms with Crippen molar-refractivity contribution in [2.24, 2.45) is 5.10 Å². The summed E-state index contributed by atoms with van der Waals surface area (Å²) >= 11 is 6.49. The van der Waals surface area contributed by atoms with E-state index in [1.807, 2.05) is 48.2 Å². The highest BCUT2D eigenvalue weighted by molar-refractivity contribution is 6.33. The molecule has 2 aromatic carbocycles. The van der Waals surface area contributed by atoms with Crippen molar-refractivity contribution in [1.82, 2.24) is 10.7 Å². The number of amidine groups is 1. The summed E-state index contributed by atoms with van der Waals surface area (Å²) in [5.41, 5.74) is 6.27. The fourth-order valence-electron chi connectivity index (χ4n) is 3.70. The summed E-state index contributed by atoms with van der Waals surface area (Å²) in [4.78, 5) is 14.1. The maximum atomic E-state index is 12.2. The number of fused-ring (bicyclic) bond motifs is 3. The molecule has 0 bridgehead atoms. The van der Waals surface area contributed by atoms with Crippen molar-refractivity contribution in [2.75, 3.05) is 29.9 Å². The lowest BCUT2D eigenvalue weighted by Gasteiger charge is -2.39. The Hall–Kier alpha value is -2.77. The normalized spacial score (nSPS) is 20.9. The Kier molecular flexibility index (Phi) is 4.14. The minimum absolute atomic E-state index is 0.135. The van der Waals surface area contributed by atoms with Gasteiger partial charge in [0.25, 0.3) is 5.91 Å². The van der Waals surface area contributed by atoms with Gasteiger partial charge in [0.2, 0.25) is 0 Å². The smallest absolute Gasteiger partial charge is 0.262 e. The Morgan fingerprint density at radius 2 is 2.07 bits per heavy atom. The number of amides is 1. The number of hydrogen-bond donors (Lipinski definition) is 3. The summed E-state index contributed by atoms with van der Waals surface area (Å²) in [5, 5.41) is 11.7. The number of carbonyl (C=O) groups is 1. The monoisotopic (exact) mass is 397 g/mol. The van der Waals surface area contributed by atoms with Crippen LogP contribution in [-0.4, -0.2) is 43.5 Å². The first-order chi connectivity index (χ1) is 13.6. The molecule has 144 valence electrons. The van der Waals surface area contributed by atoms with Crippen LogP contribution in [0.25, 0.3) is 11.1 Å². The van der Waals surface area contributed by atoms with Crippen molar-refractivity contribution in [1.29, 1.82) is 0 Å². The predicted molar refractivity (Wildman–Crippen MR) is 110 cm³/mol. The molecule has 1 atom stereocenters. The molecule has 0 radical (unpaired) electrons. The molecule has 7 nitrogen and oxygen atoms in total. The van der Waals surface area contributed by atoms with E-state index in [4.69, 9.17) is 16.3 Å². The molecule has 28 heavy (non-hydrogen) atoms. The summed E-state index contributed by atoms with van der Waals surface area (Å²) in [5.74, 6) is 1.28. The van der Waals surface area contributed by atoms with Crippen LogP contribution in [0.5, 0.6) is 5.75 Å². The van der Waals surface area contributed by atoms with Gasteiger partial charge in [-0.25, -0.2) is 5.43 Å². The predicted octanol–water partition coefficient (Wildman–Crippen LogP) is 2.42. The Morgan fingerprint density at radius 3 is 2.82 bits per heavy atom. The largest absolute Gasteiger partial charge is 0.483 e. The fourth-order valence-corrected chi connectivity index (χ4v) is 3.94. The van der Waals surface area contributed by atoms with Crippen molar-refractivity contribution < 1.29 is 9.53 Å². The van der Waals surface area contributed by atoms with Crippen molar-refractivity contribution in [3.63, 3.8) is 0 Å². The molecule has 5 rings (SSSR count). The Morgan fingerprint density at radius 1 is 1.25 bits per heavy atom. The van der Waals surface area contributed by atoms with E-state index in [9.17, 15) is 4.79 Å². The highest BCUT2D eigenvalue weighted by Gasteiger charge is 2.36. The molecule has 1 amide bonds. The summed E-state index contributed by atoms with van der Waals surface area (Å²) in [6, 6.07) is 11.8. The van der Waals surface area contributed by atoms with Crippen LogP contribution in [0.3, 0.4) is 0 Å². The van der Waals surface area contributed by atoms with E-state index in [0.717, 1.165) is 35.6 Å². The summed E-state index contributed by atoms with van der Waals surface area (Å²) in [6.07, 6.45) is 0. The maximum Gasteiger partial charge on any atom is 0.262 e. The SMILES string of the molecule is CC1C(=O)NN=C2COc3cc(-c4ccccc4Cl)c(NC4CNC4)cc3N21. The van der Waals surface area contributed by atoms with Gasteiger partial charge in [-0.3, -0.25) is 4.79 Å². The van der Waals surface area contributed by atoms with Crippen LogP contribution in [-0.2, 0) is 4.79 Å². The van der Waals surface area contributed by atoms with Crippen LogP contribution >= 0.6 is 11.6 Å². The zero-order chi connectivity index (χ0) is 19.3. The van der Waals surface area contributed by atoms with Crippen LogP contribution in [0.15, 0.2) is 41.5 Å². The minimum atomic E-state index is -0.362. The molecule has 0 aliphatic carbocycles. The summed E-state index contributed by atoms with van der Waals surface area (Å²) < 4.78 is 5.97. The lowest BCUT2D eigenvalue weighted by Crippen LogP contribution is -2.55. The van der Waals surface area contributed by atoms with Gasteiger partial charge in [-0.15, -0.1) is 0 Å². The molecule has 0 saturated carbocycles. The van der Waals surface area contributed by atoms with Crippen LogP contribution in [0.4, 0.5) is 11.4 Å². The quantitative estimate of drug-likeness (QED) is 0.741. The van der Waals surface area contributed by atoms with Crippen molar-refractivity contribution in [2.45, 2.75) is 19.0 Å². The van der Waals surface area contributed by atoms with Gasteiger partial charge in [-0.05, 0) is 25.1 Å². The van der Waals surface area contributed by atoms with E-state index in [2.05, 4.69) is 21.2 Å². The number of nitrogens with zero attached hydrogens (tertiary/aromatic N) is 2. The third kappa shape index (κ3) is 2.78. The first kappa shape index (κ1) is 17.3. The number of nitrogens with one attached hydrogen (secondary N) is 3. The summed E-state index contributed by atoms with van der Waals surface area (Å²) in [6.45, 7) is 3.98. The number of halogens is 1. The number of benzene rings is 2. The number of hydrazone groups is 1. The second-order valence-electron chi connectivity index (χ2n) is 7.18. The van der Waals surface area contributed by atoms with Gasteiger partial charge in [-0.2, -0.15) is 5.10 Å². The Bertz CT molecular complexity index is 989. The van der Waals surface area contributed by atoms with Gasteiger partial charge in [0.1, 0.15) is 18.4 Å². The zero-order valence-electron chi connectivity index (χ0n) is 15.3. The molecule has 0 spiro atoms. The number of ether oxygens (including phenoxy) is 1. The van der Waals surface area contributed by atoms with Gasteiger partial charge < -0.3 is 20.3 Å². The molecule has 2 aromatic rings. The molecule has 1 saturated heterocycles. The van der Waals surface area contributed by atoms with Gasteiger partial charge in [0.05, 0.1) is 11.7 Å². The third-order valence-corrected chi connectivity index (χ3v) is 5.69. The second kappa shape index (κ2) is 6.68. The Labute approximate surface area is 167 Å². The molecule has 3 heterocycles. The highest BCUT2D eigenvalue weighted by Crippen LogP contribution is 2.44. The van der Waals surface area contributed by atoms with E-state index in [1.54, 1.807) is 0 Å². The highest BCUT2D eigenvalue weighted by atomic mass is 35.5. The van der Waals surface area contributed by atoms with Crippen LogP contribution in [0, 0.1) is 0 Å². The average Bonchev–Trinajstić information content (AvgIpc) is 2.67. The summed E-state index contributed by atoms with van der Waals surface area (Å²) in [7, 11) is 0. The molecular weight excluding hydrogens is 378 g/mol. The molecule has 3 aliphatic rings. The van der Waals surface area contributed by atoms with Crippen molar-refractivity contribution in [3.05, 3.63) is 41.4 Å². The fraction of sp³-hybridized carbons (Fsp3) is 0.300. The first-order valence-corrected chi connectivity index (χ1v) is 9.68. The number of rotatable bonds is 3. The number of anilines is 2. The topological polar surface area (TPSA) is 78.0 Å². The van der Waals surface area contributed by atoms with E-state index in [-0.39, 0.29) is 11.9 Å². The van der Waals surface area contributed by atoms with E-state index in [1.165, 1.54) is 0 Å². The van der Waals surface area contributed by atoms with Gasteiger partial charge in [0, 0.05) is 34.9 Å². The van der Waals surface area contributed by atoms with E-state index < -0.39 is 0 Å². The third-order valence-electron chi connectivity index (χ3n) is 5.36. The number of hydrogen-bond acceptors (Lipinski definition) is 6. The van der Waals surface area contributed by atoms with E-state index >= 15 is 0 Å². The maximum absolute atomic E-state index is 12.2.